The summed E-state index contributed by atoms with van der Waals surface area (Å²) in [5.41, 5.74) is 0.509. The van der Waals surface area contributed by atoms with E-state index in [-0.39, 0.29) is 18.0 Å². The zero-order chi connectivity index (χ0) is 12.0. The molecule has 0 bridgehead atoms. The third-order valence-corrected chi connectivity index (χ3v) is 1.74. The van der Waals surface area contributed by atoms with Gasteiger partial charge in [-0.05, 0) is 18.2 Å². The summed E-state index contributed by atoms with van der Waals surface area (Å²) in [6, 6.07) is 5.85. The van der Waals surface area contributed by atoms with Crippen molar-refractivity contribution < 1.29 is 9.18 Å². The van der Waals surface area contributed by atoms with Crippen molar-refractivity contribution in [3.05, 3.63) is 35.1 Å². The predicted octanol–water partition coefficient (Wildman–Crippen LogP) is 1.18. The zero-order valence-electron chi connectivity index (χ0n) is 8.67. The van der Waals surface area contributed by atoms with E-state index >= 15 is 0 Å². The molecule has 16 heavy (non-hydrogen) atoms. The van der Waals surface area contributed by atoms with Gasteiger partial charge in [-0.15, -0.1) is 0 Å². The molecule has 80 valence electrons. The molecule has 1 aromatic rings. The van der Waals surface area contributed by atoms with Crippen LogP contribution in [0, 0.1) is 29.0 Å². The van der Waals surface area contributed by atoms with E-state index in [1.54, 1.807) is 0 Å². The van der Waals surface area contributed by atoms with Gasteiger partial charge in [0.25, 0.3) is 0 Å². The van der Waals surface area contributed by atoms with Crippen LogP contribution in [0.3, 0.4) is 0 Å². The molecule has 0 saturated heterocycles. The molecule has 1 rings (SSSR count). The van der Waals surface area contributed by atoms with Gasteiger partial charge < -0.3 is 5.32 Å². The SMILES string of the molecule is CC(=O)NCC#Cc1cc(C#N)ccc1F. The molecule has 0 fully saturated rings. The van der Waals surface area contributed by atoms with Crippen molar-refractivity contribution in [2.45, 2.75) is 6.92 Å². The predicted molar refractivity (Wildman–Crippen MR) is 56.7 cm³/mol. The number of nitrogens with zero attached hydrogens (tertiary/aromatic N) is 1. The van der Waals surface area contributed by atoms with Crippen LogP contribution in [0.1, 0.15) is 18.1 Å². The Kier molecular flexibility index (Phi) is 4.06. The first kappa shape index (κ1) is 11.7. The maximum absolute atomic E-state index is 13.2. The van der Waals surface area contributed by atoms with Crippen LogP contribution in [-0.4, -0.2) is 12.5 Å². The molecule has 3 nitrogen and oxygen atoms in total. The quantitative estimate of drug-likeness (QED) is 0.717. The topological polar surface area (TPSA) is 52.9 Å². The molecule has 4 heteroatoms. The van der Waals surface area contributed by atoms with Crippen molar-refractivity contribution in [1.29, 1.82) is 5.26 Å². The number of benzene rings is 1. The standard InChI is InChI=1S/C12H9FN2O/c1-9(16)15-6-2-3-11-7-10(8-14)4-5-12(11)13/h4-5,7H,6H2,1H3,(H,15,16). The molecule has 0 unspecified atom stereocenters. The highest BCUT2D eigenvalue weighted by molar-refractivity contribution is 5.73. The number of carbonyl (C=O) groups excluding carboxylic acids is 1. The number of hydrogen-bond acceptors (Lipinski definition) is 2. The normalized spacial score (nSPS) is 8.56. The molecule has 1 aromatic carbocycles. The molecule has 0 spiro atoms. The summed E-state index contributed by atoms with van der Waals surface area (Å²) in [5.74, 6) is 4.47. The summed E-state index contributed by atoms with van der Waals surface area (Å²) in [5, 5.41) is 11.1. The number of rotatable bonds is 1. The molecule has 0 heterocycles. The van der Waals surface area contributed by atoms with Crippen LogP contribution in [0.2, 0.25) is 0 Å². The van der Waals surface area contributed by atoms with Gasteiger partial charge in [-0.3, -0.25) is 4.79 Å². The molecule has 0 radical (unpaired) electrons. The number of amides is 1. The number of halogens is 1. The first-order valence-electron chi connectivity index (χ1n) is 4.56. The highest BCUT2D eigenvalue weighted by Gasteiger charge is 1.99. The molecule has 1 amide bonds. The average Bonchev–Trinajstić information content (AvgIpc) is 2.26. The summed E-state index contributed by atoms with van der Waals surface area (Å²) in [6.45, 7) is 1.53. The Morgan fingerprint density at radius 1 is 1.56 bits per heavy atom. The van der Waals surface area contributed by atoms with Gasteiger partial charge in [-0.2, -0.15) is 5.26 Å². The molecule has 0 aliphatic rings. The second-order valence-electron chi connectivity index (χ2n) is 3.02. The molecular formula is C12H9FN2O. The summed E-state index contributed by atoms with van der Waals surface area (Å²) in [4.78, 5) is 10.5. The molecule has 0 saturated carbocycles. The highest BCUT2D eigenvalue weighted by Crippen LogP contribution is 2.08. The Hall–Kier alpha value is -2.33. The molecule has 0 aromatic heterocycles. The fourth-order valence-electron chi connectivity index (χ4n) is 0.999. The Labute approximate surface area is 92.9 Å². The molecule has 0 atom stereocenters. The van der Waals surface area contributed by atoms with Gasteiger partial charge in [0.15, 0.2) is 0 Å². The fourth-order valence-corrected chi connectivity index (χ4v) is 0.999. The van der Waals surface area contributed by atoms with Crippen LogP contribution < -0.4 is 5.32 Å². The number of nitriles is 1. The van der Waals surface area contributed by atoms with E-state index in [4.69, 9.17) is 5.26 Å². The van der Waals surface area contributed by atoms with E-state index in [2.05, 4.69) is 17.2 Å². The Balaban J connectivity index is 2.80. The van der Waals surface area contributed by atoms with E-state index in [1.165, 1.54) is 25.1 Å². The zero-order valence-corrected chi connectivity index (χ0v) is 8.67. The largest absolute Gasteiger partial charge is 0.345 e. The van der Waals surface area contributed by atoms with Crippen LogP contribution in [0.15, 0.2) is 18.2 Å². The van der Waals surface area contributed by atoms with Crippen molar-refractivity contribution >= 4 is 5.91 Å². The lowest BCUT2D eigenvalue weighted by atomic mass is 10.1. The van der Waals surface area contributed by atoms with Crippen molar-refractivity contribution in [2.24, 2.45) is 0 Å². The van der Waals surface area contributed by atoms with Crippen LogP contribution in [0.5, 0.6) is 0 Å². The van der Waals surface area contributed by atoms with Crippen LogP contribution in [-0.2, 0) is 4.79 Å². The third-order valence-electron chi connectivity index (χ3n) is 1.74. The minimum Gasteiger partial charge on any atom is -0.345 e. The van der Waals surface area contributed by atoms with Crippen LogP contribution in [0.4, 0.5) is 4.39 Å². The maximum Gasteiger partial charge on any atom is 0.217 e. The molecule has 0 aliphatic carbocycles. The summed E-state index contributed by atoms with van der Waals surface area (Å²) >= 11 is 0. The van der Waals surface area contributed by atoms with Gasteiger partial charge in [0.2, 0.25) is 5.91 Å². The maximum atomic E-state index is 13.2. The number of hydrogen-bond donors (Lipinski definition) is 1. The van der Waals surface area contributed by atoms with Crippen molar-refractivity contribution in [3.8, 4) is 17.9 Å². The van der Waals surface area contributed by atoms with Gasteiger partial charge in [0.1, 0.15) is 5.82 Å². The van der Waals surface area contributed by atoms with Gasteiger partial charge in [0.05, 0.1) is 23.7 Å². The lowest BCUT2D eigenvalue weighted by Gasteiger charge is -1.95. The smallest absolute Gasteiger partial charge is 0.217 e. The Morgan fingerprint density at radius 2 is 2.31 bits per heavy atom. The van der Waals surface area contributed by atoms with E-state index in [9.17, 15) is 9.18 Å². The molecular weight excluding hydrogens is 207 g/mol. The summed E-state index contributed by atoms with van der Waals surface area (Å²) < 4.78 is 13.2. The third kappa shape index (κ3) is 3.43. The van der Waals surface area contributed by atoms with Gasteiger partial charge in [0, 0.05) is 6.92 Å². The van der Waals surface area contributed by atoms with Gasteiger partial charge in [-0.1, -0.05) is 11.8 Å². The van der Waals surface area contributed by atoms with E-state index in [1.807, 2.05) is 6.07 Å². The Bertz CT molecular complexity index is 506. The average molecular weight is 216 g/mol. The molecule has 0 aliphatic heterocycles. The minimum absolute atomic E-state index is 0.157. The summed E-state index contributed by atoms with van der Waals surface area (Å²) in [7, 11) is 0. The lowest BCUT2D eigenvalue weighted by Crippen LogP contribution is -2.19. The molecule has 1 N–H and O–H groups in total. The fraction of sp³-hybridized carbons (Fsp3) is 0.167. The van der Waals surface area contributed by atoms with E-state index in [0.29, 0.717) is 5.56 Å². The van der Waals surface area contributed by atoms with Crippen molar-refractivity contribution in [2.75, 3.05) is 6.54 Å². The first-order valence-corrected chi connectivity index (χ1v) is 4.56. The van der Waals surface area contributed by atoms with Gasteiger partial charge >= 0.3 is 0 Å². The number of carbonyl (C=O) groups is 1. The van der Waals surface area contributed by atoms with E-state index < -0.39 is 5.82 Å². The Morgan fingerprint density at radius 3 is 2.94 bits per heavy atom. The number of nitrogens with one attached hydrogen (secondary N) is 1. The van der Waals surface area contributed by atoms with Crippen molar-refractivity contribution in [1.82, 2.24) is 5.32 Å². The highest BCUT2D eigenvalue weighted by atomic mass is 19.1. The minimum atomic E-state index is -0.477. The van der Waals surface area contributed by atoms with E-state index in [0.717, 1.165) is 0 Å². The first-order chi connectivity index (χ1) is 7.63. The van der Waals surface area contributed by atoms with Crippen LogP contribution >= 0.6 is 0 Å². The van der Waals surface area contributed by atoms with Gasteiger partial charge in [-0.25, -0.2) is 4.39 Å². The van der Waals surface area contributed by atoms with Crippen LogP contribution in [0.25, 0.3) is 0 Å². The monoisotopic (exact) mass is 216 g/mol. The van der Waals surface area contributed by atoms with Crippen molar-refractivity contribution in [3.63, 3.8) is 0 Å². The summed E-state index contributed by atoms with van der Waals surface area (Å²) in [6.07, 6.45) is 0. The second-order valence-corrected chi connectivity index (χ2v) is 3.02. The lowest BCUT2D eigenvalue weighted by molar-refractivity contribution is -0.118. The second kappa shape index (κ2) is 5.53.